The molecule has 1 aliphatic carbocycles. The second-order valence-corrected chi connectivity index (χ2v) is 5.70. The van der Waals surface area contributed by atoms with Gasteiger partial charge in [-0.15, -0.1) is 0 Å². The Labute approximate surface area is 119 Å². The highest BCUT2D eigenvalue weighted by Crippen LogP contribution is 2.33. The molecule has 0 saturated heterocycles. The number of halogens is 1. The molecule has 1 saturated carbocycles. The zero-order chi connectivity index (χ0) is 13.3. The van der Waals surface area contributed by atoms with E-state index in [1.165, 1.54) is 0 Å². The zero-order valence-electron chi connectivity index (χ0n) is 9.94. The Morgan fingerprint density at radius 3 is 2.67 bits per heavy atom. The van der Waals surface area contributed by atoms with Crippen LogP contribution in [-0.4, -0.2) is 23.0 Å². The first kappa shape index (κ1) is 13.3. The molecule has 0 heterocycles. The first-order chi connectivity index (χ1) is 8.50. The van der Waals surface area contributed by atoms with Crippen LogP contribution in [0.5, 0.6) is 0 Å². The number of rotatable bonds is 4. The Hall–Kier alpha value is -1.11. The Balaban J connectivity index is 2.16. The first-order valence-electron chi connectivity index (χ1n) is 5.79. The van der Waals surface area contributed by atoms with Crippen LogP contribution >= 0.6 is 22.6 Å². The number of hydrogen-bond donors (Lipinski definition) is 2. The molecule has 0 aliphatic heterocycles. The van der Waals surface area contributed by atoms with Gasteiger partial charge < -0.3 is 10.4 Å². The first-order valence-corrected chi connectivity index (χ1v) is 6.87. The van der Waals surface area contributed by atoms with Gasteiger partial charge in [0.15, 0.2) is 0 Å². The third-order valence-corrected chi connectivity index (χ3v) is 4.33. The molecule has 1 fully saturated rings. The van der Waals surface area contributed by atoms with Crippen LogP contribution in [0.4, 0.5) is 0 Å². The quantitative estimate of drug-likeness (QED) is 0.810. The van der Waals surface area contributed by atoms with Gasteiger partial charge in [-0.3, -0.25) is 4.79 Å². The molecule has 1 aliphatic rings. The molecule has 1 aromatic carbocycles. The van der Waals surface area contributed by atoms with Gasteiger partial charge in [-0.25, -0.2) is 4.79 Å². The van der Waals surface area contributed by atoms with Crippen LogP contribution in [0.2, 0.25) is 0 Å². The average Bonchev–Trinajstić information content (AvgIpc) is 3.13. The Morgan fingerprint density at radius 1 is 1.44 bits per heavy atom. The molecule has 5 heteroatoms. The maximum atomic E-state index is 12.1. The van der Waals surface area contributed by atoms with Crippen molar-refractivity contribution in [3.63, 3.8) is 0 Å². The van der Waals surface area contributed by atoms with E-state index in [9.17, 15) is 9.59 Å². The number of nitrogens with one attached hydrogen (secondary N) is 1. The molecule has 0 aromatic heterocycles. The third kappa shape index (κ3) is 2.82. The summed E-state index contributed by atoms with van der Waals surface area (Å²) in [4.78, 5) is 23.2. The molecule has 0 bridgehead atoms. The van der Waals surface area contributed by atoms with Gasteiger partial charge in [0, 0.05) is 9.13 Å². The molecule has 0 spiro atoms. The molecular formula is C13H14INO3. The second-order valence-electron chi connectivity index (χ2n) is 4.54. The molecule has 4 nitrogen and oxygen atoms in total. The summed E-state index contributed by atoms with van der Waals surface area (Å²) in [6, 6.07) is 4.69. The SMILES string of the molecule is Cc1c(I)cccc1C(=O)NC(C(=O)O)C1CC1. The van der Waals surface area contributed by atoms with E-state index in [1.807, 2.05) is 13.0 Å². The lowest BCUT2D eigenvalue weighted by Gasteiger charge is -2.15. The number of carboxylic acid groups (broad SMARTS) is 1. The van der Waals surface area contributed by atoms with E-state index in [-0.39, 0.29) is 11.8 Å². The maximum absolute atomic E-state index is 12.1. The van der Waals surface area contributed by atoms with Crippen LogP contribution in [0.3, 0.4) is 0 Å². The van der Waals surface area contributed by atoms with Crippen molar-refractivity contribution in [2.24, 2.45) is 5.92 Å². The molecule has 1 amide bonds. The molecular weight excluding hydrogens is 345 g/mol. The van der Waals surface area contributed by atoms with Gasteiger partial charge >= 0.3 is 5.97 Å². The van der Waals surface area contributed by atoms with Crippen molar-refractivity contribution >= 4 is 34.5 Å². The minimum absolute atomic E-state index is 0.0922. The Morgan fingerprint density at radius 2 is 2.11 bits per heavy atom. The summed E-state index contributed by atoms with van der Waals surface area (Å²) in [5.74, 6) is -1.16. The predicted molar refractivity (Wildman–Crippen MR) is 75.5 cm³/mol. The van der Waals surface area contributed by atoms with Crippen LogP contribution in [0, 0.1) is 16.4 Å². The van der Waals surface area contributed by atoms with Crippen molar-refractivity contribution in [1.29, 1.82) is 0 Å². The van der Waals surface area contributed by atoms with Crippen molar-refractivity contribution in [1.82, 2.24) is 5.32 Å². The van der Waals surface area contributed by atoms with E-state index < -0.39 is 12.0 Å². The Kier molecular flexibility index (Phi) is 3.89. The van der Waals surface area contributed by atoms with Gasteiger partial charge in [-0.05, 0) is 66.0 Å². The zero-order valence-corrected chi connectivity index (χ0v) is 12.1. The highest BCUT2D eigenvalue weighted by atomic mass is 127. The molecule has 1 atom stereocenters. The fraction of sp³-hybridized carbons (Fsp3) is 0.385. The number of hydrogen-bond acceptors (Lipinski definition) is 2. The number of carbonyl (C=O) groups is 2. The summed E-state index contributed by atoms with van der Waals surface area (Å²) >= 11 is 2.16. The molecule has 18 heavy (non-hydrogen) atoms. The summed E-state index contributed by atoms with van der Waals surface area (Å²) in [5, 5.41) is 11.7. The van der Waals surface area contributed by atoms with Gasteiger partial charge in [-0.1, -0.05) is 6.07 Å². The molecule has 2 N–H and O–H groups in total. The maximum Gasteiger partial charge on any atom is 0.326 e. The second kappa shape index (κ2) is 5.26. The van der Waals surface area contributed by atoms with Gasteiger partial charge in [0.05, 0.1) is 0 Å². The number of carboxylic acids is 1. The van der Waals surface area contributed by atoms with E-state index in [0.29, 0.717) is 5.56 Å². The fourth-order valence-electron chi connectivity index (χ4n) is 1.88. The largest absolute Gasteiger partial charge is 0.480 e. The molecule has 96 valence electrons. The molecule has 1 aromatic rings. The van der Waals surface area contributed by atoms with Crippen molar-refractivity contribution in [2.45, 2.75) is 25.8 Å². The van der Waals surface area contributed by atoms with Gasteiger partial charge in [0.1, 0.15) is 6.04 Å². The van der Waals surface area contributed by atoms with Crippen molar-refractivity contribution in [2.75, 3.05) is 0 Å². The smallest absolute Gasteiger partial charge is 0.326 e. The number of aliphatic carboxylic acids is 1. The van der Waals surface area contributed by atoms with Crippen molar-refractivity contribution in [3.05, 3.63) is 32.9 Å². The van der Waals surface area contributed by atoms with Gasteiger partial charge in [-0.2, -0.15) is 0 Å². The summed E-state index contributed by atoms with van der Waals surface area (Å²) in [5.41, 5.74) is 1.43. The normalized spacial score (nSPS) is 16.1. The van der Waals surface area contributed by atoms with E-state index >= 15 is 0 Å². The fourth-order valence-corrected chi connectivity index (χ4v) is 2.38. The lowest BCUT2D eigenvalue weighted by atomic mass is 10.1. The van der Waals surface area contributed by atoms with Gasteiger partial charge in [0.2, 0.25) is 0 Å². The summed E-state index contributed by atoms with van der Waals surface area (Å²) < 4.78 is 0.999. The lowest BCUT2D eigenvalue weighted by molar-refractivity contribution is -0.139. The van der Waals surface area contributed by atoms with E-state index in [2.05, 4.69) is 27.9 Å². The standard InChI is InChI=1S/C13H14INO3/c1-7-9(3-2-4-10(7)14)12(16)15-11(13(17)18)8-5-6-8/h2-4,8,11H,5-6H2,1H3,(H,15,16)(H,17,18). The minimum Gasteiger partial charge on any atom is -0.480 e. The lowest BCUT2D eigenvalue weighted by Crippen LogP contribution is -2.42. The minimum atomic E-state index is -0.950. The van der Waals surface area contributed by atoms with Crippen LogP contribution in [0.25, 0.3) is 0 Å². The number of benzene rings is 1. The third-order valence-electron chi connectivity index (χ3n) is 3.16. The summed E-state index contributed by atoms with van der Waals surface area (Å²) in [6.45, 7) is 1.86. The average molecular weight is 359 g/mol. The van der Waals surface area contributed by atoms with E-state index in [4.69, 9.17) is 5.11 Å². The van der Waals surface area contributed by atoms with E-state index in [0.717, 1.165) is 22.0 Å². The highest BCUT2D eigenvalue weighted by Gasteiger charge is 2.37. The van der Waals surface area contributed by atoms with Crippen LogP contribution in [0.15, 0.2) is 18.2 Å². The predicted octanol–water partition coefficient (Wildman–Crippen LogP) is 2.19. The number of amides is 1. The topological polar surface area (TPSA) is 66.4 Å². The monoisotopic (exact) mass is 359 g/mol. The van der Waals surface area contributed by atoms with Crippen LogP contribution in [-0.2, 0) is 4.79 Å². The van der Waals surface area contributed by atoms with Crippen molar-refractivity contribution < 1.29 is 14.7 Å². The van der Waals surface area contributed by atoms with Crippen molar-refractivity contribution in [3.8, 4) is 0 Å². The van der Waals surface area contributed by atoms with Crippen LogP contribution < -0.4 is 5.32 Å². The summed E-state index contributed by atoms with van der Waals surface area (Å²) in [7, 11) is 0. The number of carbonyl (C=O) groups excluding carboxylic acids is 1. The molecule has 2 rings (SSSR count). The Bertz CT molecular complexity index is 497. The summed E-state index contributed by atoms with van der Waals surface area (Å²) in [6.07, 6.45) is 1.76. The van der Waals surface area contributed by atoms with Gasteiger partial charge in [0.25, 0.3) is 5.91 Å². The van der Waals surface area contributed by atoms with Crippen LogP contribution in [0.1, 0.15) is 28.8 Å². The van der Waals surface area contributed by atoms with E-state index in [1.54, 1.807) is 12.1 Å². The highest BCUT2D eigenvalue weighted by molar-refractivity contribution is 14.1. The molecule has 0 radical (unpaired) electrons. The molecule has 1 unspecified atom stereocenters.